The molecule has 0 radical (unpaired) electrons. The van der Waals surface area contributed by atoms with E-state index in [1.807, 2.05) is 0 Å². The summed E-state index contributed by atoms with van der Waals surface area (Å²) >= 11 is 0. The van der Waals surface area contributed by atoms with E-state index < -0.39 is 0 Å². The Labute approximate surface area is 163 Å². The van der Waals surface area contributed by atoms with Crippen LogP contribution in [0.25, 0.3) is 16.8 Å². The van der Waals surface area contributed by atoms with Crippen molar-refractivity contribution in [1.29, 1.82) is 0 Å². The number of benzene rings is 2. The van der Waals surface area contributed by atoms with Crippen molar-refractivity contribution in [3.05, 3.63) is 59.7 Å². The number of fused-ring (bicyclic) bond motifs is 5. The van der Waals surface area contributed by atoms with Crippen molar-refractivity contribution < 1.29 is 4.74 Å². The molecule has 5 rings (SSSR count). The first-order valence-electron chi connectivity index (χ1n) is 10.5. The Hall–Kier alpha value is -2.02. The largest absolute Gasteiger partial charge is 0.483 e. The Morgan fingerprint density at radius 3 is 2.67 bits per heavy atom. The van der Waals surface area contributed by atoms with Crippen molar-refractivity contribution in [3.8, 4) is 5.75 Å². The molecular weight excluding hydrogens is 328 g/mol. The zero-order valence-electron chi connectivity index (χ0n) is 16.8. The van der Waals surface area contributed by atoms with Crippen molar-refractivity contribution in [2.75, 3.05) is 0 Å². The first-order valence-corrected chi connectivity index (χ1v) is 10.5. The maximum Gasteiger partial charge on any atom is 0.128 e. The van der Waals surface area contributed by atoms with Crippen LogP contribution in [-0.4, -0.2) is 5.60 Å². The molecule has 2 fully saturated rings. The van der Waals surface area contributed by atoms with Gasteiger partial charge in [-0.15, -0.1) is 0 Å². The van der Waals surface area contributed by atoms with Crippen molar-refractivity contribution in [2.45, 2.75) is 58.5 Å². The van der Waals surface area contributed by atoms with Crippen molar-refractivity contribution in [3.63, 3.8) is 0 Å². The quantitative estimate of drug-likeness (QED) is 0.454. The van der Waals surface area contributed by atoms with Crippen LogP contribution < -0.4 is 4.74 Å². The molecule has 0 bridgehead atoms. The molecule has 140 valence electrons. The van der Waals surface area contributed by atoms with E-state index in [4.69, 9.17) is 4.74 Å². The van der Waals surface area contributed by atoms with Gasteiger partial charge in [-0.05, 0) is 84.8 Å². The molecule has 0 amide bonds. The Morgan fingerprint density at radius 2 is 1.85 bits per heavy atom. The van der Waals surface area contributed by atoms with E-state index >= 15 is 0 Å². The van der Waals surface area contributed by atoms with E-state index in [9.17, 15) is 0 Å². The minimum absolute atomic E-state index is 0.184. The van der Waals surface area contributed by atoms with Gasteiger partial charge in [-0.25, -0.2) is 0 Å². The standard InChI is InChI=1S/C26H30O/c1-17-9-11-19-15-21-20-8-6-5-7-18(20)10-12-24(21)27-26(19,4)14-13-23-22(17)16-25(23,2)3/h5-8,10,12,15,22-23H,1,9,11,13-14,16H2,2-4H3/t22-,23-,26-/m1/s1. The maximum absolute atomic E-state index is 6.74. The summed E-state index contributed by atoms with van der Waals surface area (Å²) in [6, 6.07) is 13.0. The molecule has 0 unspecified atom stereocenters. The fourth-order valence-electron chi connectivity index (χ4n) is 5.87. The molecular formula is C26H30O. The summed E-state index contributed by atoms with van der Waals surface area (Å²) in [5, 5.41) is 2.58. The third-order valence-corrected chi connectivity index (χ3v) is 7.67. The SMILES string of the molecule is C=C1CCC2=Cc3c(ccc4ccccc34)O[C@]2(C)CC[C@@H]2[C@@H]1CC2(C)C. The van der Waals surface area contributed by atoms with E-state index in [0.29, 0.717) is 11.3 Å². The fraction of sp³-hybridized carbons (Fsp3) is 0.462. The summed E-state index contributed by atoms with van der Waals surface area (Å²) in [6.07, 6.45) is 8.24. The molecule has 2 aliphatic carbocycles. The summed E-state index contributed by atoms with van der Waals surface area (Å²) < 4.78 is 6.74. The number of hydrogen-bond acceptors (Lipinski definition) is 1. The summed E-state index contributed by atoms with van der Waals surface area (Å²) in [4.78, 5) is 0. The Morgan fingerprint density at radius 1 is 1.04 bits per heavy atom. The zero-order valence-corrected chi connectivity index (χ0v) is 16.8. The minimum atomic E-state index is -0.184. The highest BCUT2D eigenvalue weighted by Crippen LogP contribution is 2.58. The lowest BCUT2D eigenvalue weighted by Gasteiger charge is -2.53. The van der Waals surface area contributed by atoms with Crippen LogP contribution in [0.4, 0.5) is 0 Å². The van der Waals surface area contributed by atoms with E-state index in [2.05, 4.69) is 69.8 Å². The molecule has 2 aromatic carbocycles. The summed E-state index contributed by atoms with van der Waals surface area (Å²) in [6.45, 7) is 11.7. The van der Waals surface area contributed by atoms with E-state index in [0.717, 1.165) is 30.9 Å². The van der Waals surface area contributed by atoms with Crippen LogP contribution in [-0.2, 0) is 0 Å². The van der Waals surface area contributed by atoms with Crippen LogP contribution >= 0.6 is 0 Å². The second kappa shape index (κ2) is 5.74. The highest BCUT2D eigenvalue weighted by atomic mass is 16.5. The Bertz CT molecular complexity index is 963. The number of rotatable bonds is 0. The van der Waals surface area contributed by atoms with Gasteiger partial charge in [0.05, 0.1) is 0 Å². The molecule has 2 saturated carbocycles. The first kappa shape index (κ1) is 17.1. The lowest BCUT2D eigenvalue weighted by atomic mass is 9.52. The maximum atomic E-state index is 6.74. The van der Waals surface area contributed by atoms with Crippen LogP contribution in [0.1, 0.15) is 58.4 Å². The lowest BCUT2D eigenvalue weighted by molar-refractivity contribution is -0.00963. The molecule has 1 heterocycles. The number of allylic oxidation sites excluding steroid dienone is 1. The predicted molar refractivity (Wildman–Crippen MR) is 114 cm³/mol. The summed E-state index contributed by atoms with van der Waals surface area (Å²) in [5.74, 6) is 2.51. The number of hydrogen-bond donors (Lipinski definition) is 0. The molecule has 0 saturated heterocycles. The fourth-order valence-corrected chi connectivity index (χ4v) is 5.87. The molecule has 1 aliphatic heterocycles. The second-order valence-corrected chi connectivity index (χ2v) is 9.80. The Kier molecular flexibility index (Phi) is 3.63. The van der Waals surface area contributed by atoms with Crippen molar-refractivity contribution in [2.24, 2.45) is 17.3 Å². The van der Waals surface area contributed by atoms with Crippen LogP contribution in [0, 0.1) is 17.3 Å². The van der Waals surface area contributed by atoms with E-state index in [1.54, 1.807) is 0 Å². The highest BCUT2D eigenvalue weighted by molar-refractivity contribution is 5.94. The topological polar surface area (TPSA) is 9.23 Å². The molecule has 0 N–H and O–H groups in total. The first-order chi connectivity index (χ1) is 12.9. The molecule has 3 atom stereocenters. The van der Waals surface area contributed by atoms with Gasteiger partial charge in [0, 0.05) is 5.56 Å². The lowest BCUT2D eigenvalue weighted by Crippen LogP contribution is -2.45. The number of ether oxygens (including phenoxy) is 1. The zero-order chi connectivity index (χ0) is 18.8. The monoisotopic (exact) mass is 358 g/mol. The van der Waals surface area contributed by atoms with Crippen LogP contribution in [0.15, 0.2) is 54.1 Å². The normalized spacial score (nSPS) is 31.8. The summed E-state index contributed by atoms with van der Waals surface area (Å²) in [7, 11) is 0. The van der Waals surface area contributed by atoms with Crippen molar-refractivity contribution >= 4 is 16.8 Å². The van der Waals surface area contributed by atoms with Gasteiger partial charge in [-0.1, -0.05) is 56.3 Å². The molecule has 1 heteroatoms. The smallest absolute Gasteiger partial charge is 0.128 e. The van der Waals surface area contributed by atoms with Crippen LogP contribution in [0.2, 0.25) is 0 Å². The van der Waals surface area contributed by atoms with Gasteiger partial charge in [-0.2, -0.15) is 0 Å². The molecule has 0 spiro atoms. The van der Waals surface area contributed by atoms with Gasteiger partial charge >= 0.3 is 0 Å². The van der Waals surface area contributed by atoms with Gasteiger partial charge in [0.2, 0.25) is 0 Å². The van der Waals surface area contributed by atoms with Crippen LogP contribution in [0.5, 0.6) is 5.75 Å². The molecule has 0 aromatic heterocycles. The van der Waals surface area contributed by atoms with Gasteiger partial charge in [0.25, 0.3) is 0 Å². The predicted octanol–water partition coefficient (Wildman–Crippen LogP) is 7.17. The molecule has 2 aromatic rings. The highest BCUT2D eigenvalue weighted by Gasteiger charge is 2.49. The van der Waals surface area contributed by atoms with Crippen molar-refractivity contribution in [1.82, 2.24) is 0 Å². The van der Waals surface area contributed by atoms with Gasteiger partial charge in [0.15, 0.2) is 0 Å². The second-order valence-electron chi connectivity index (χ2n) is 9.80. The van der Waals surface area contributed by atoms with E-state index in [-0.39, 0.29) is 5.60 Å². The average molecular weight is 359 g/mol. The third kappa shape index (κ3) is 2.58. The summed E-state index contributed by atoms with van der Waals surface area (Å²) in [5.41, 5.74) is 4.44. The van der Waals surface area contributed by atoms with Gasteiger partial charge in [-0.3, -0.25) is 0 Å². The molecule has 1 nitrogen and oxygen atoms in total. The van der Waals surface area contributed by atoms with Crippen LogP contribution in [0.3, 0.4) is 0 Å². The molecule has 27 heavy (non-hydrogen) atoms. The average Bonchev–Trinajstić information content (AvgIpc) is 2.67. The van der Waals surface area contributed by atoms with Gasteiger partial charge < -0.3 is 4.74 Å². The van der Waals surface area contributed by atoms with E-state index in [1.165, 1.54) is 40.3 Å². The van der Waals surface area contributed by atoms with Gasteiger partial charge in [0.1, 0.15) is 11.4 Å². The Balaban J connectivity index is 1.57. The molecule has 3 aliphatic rings. The third-order valence-electron chi connectivity index (χ3n) is 7.67. The minimum Gasteiger partial charge on any atom is -0.483 e.